The van der Waals surface area contributed by atoms with Gasteiger partial charge in [0, 0.05) is 51.7 Å². The number of carbonyl (C=O) groups is 1. The zero-order valence-electron chi connectivity index (χ0n) is 16.3. The average Bonchev–Trinajstić information content (AvgIpc) is 3.24. The maximum Gasteiger partial charge on any atom is 0.227 e. The number of nitrogens with zero attached hydrogens (tertiary/aromatic N) is 6. The van der Waals surface area contributed by atoms with E-state index in [0.717, 1.165) is 73.4 Å². The second-order valence-electron chi connectivity index (χ2n) is 7.61. The lowest BCUT2D eigenvalue weighted by molar-refractivity contribution is -0.136. The summed E-state index contributed by atoms with van der Waals surface area (Å²) in [5, 5.41) is 0.983. The van der Waals surface area contributed by atoms with Crippen LogP contribution in [0, 0.1) is 5.92 Å². The summed E-state index contributed by atoms with van der Waals surface area (Å²) >= 11 is 1.62. The van der Waals surface area contributed by atoms with E-state index in [1.807, 2.05) is 41.4 Å². The van der Waals surface area contributed by atoms with E-state index in [1.165, 1.54) is 0 Å². The van der Waals surface area contributed by atoms with Crippen LogP contribution in [0.3, 0.4) is 0 Å². The summed E-state index contributed by atoms with van der Waals surface area (Å²) in [4.78, 5) is 34.3. The zero-order valence-corrected chi connectivity index (χ0v) is 17.1. The molecule has 8 heteroatoms. The van der Waals surface area contributed by atoms with Gasteiger partial charge >= 0.3 is 0 Å². The molecule has 2 aliphatic rings. The smallest absolute Gasteiger partial charge is 0.227 e. The Morgan fingerprint density at radius 3 is 2.62 bits per heavy atom. The molecule has 5 rings (SSSR count). The van der Waals surface area contributed by atoms with Crippen LogP contribution in [0.5, 0.6) is 0 Å². The Bertz CT molecular complexity index is 952. The van der Waals surface area contributed by atoms with Gasteiger partial charge in [0.1, 0.15) is 16.2 Å². The third kappa shape index (κ3) is 3.76. The van der Waals surface area contributed by atoms with Gasteiger partial charge in [0.15, 0.2) is 5.13 Å². The Morgan fingerprint density at radius 1 is 0.966 bits per heavy atom. The number of fused-ring (bicyclic) bond motifs is 1. The van der Waals surface area contributed by atoms with Crippen molar-refractivity contribution in [1.82, 2.24) is 19.9 Å². The Labute approximate surface area is 174 Å². The van der Waals surface area contributed by atoms with Crippen LogP contribution < -0.4 is 9.80 Å². The highest BCUT2D eigenvalue weighted by atomic mass is 32.1. The van der Waals surface area contributed by atoms with Crippen LogP contribution in [0.15, 0.2) is 42.7 Å². The van der Waals surface area contributed by atoms with Crippen molar-refractivity contribution in [1.29, 1.82) is 0 Å². The van der Waals surface area contributed by atoms with Crippen LogP contribution in [-0.4, -0.2) is 65.0 Å². The van der Waals surface area contributed by atoms with Crippen molar-refractivity contribution in [3.63, 3.8) is 0 Å². The molecule has 0 radical (unpaired) electrons. The average molecular weight is 409 g/mol. The number of hydrogen-bond acceptors (Lipinski definition) is 7. The van der Waals surface area contributed by atoms with Gasteiger partial charge in [-0.05, 0) is 37.1 Å². The first-order valence-corrected chi connectivity index (χ1v) is 11.0. The monoisotopic (exact) mass is 408 g/mol. The van der Waals surface area contributed by atoms with Crippen LogP contribution in [0.4, 0.5) is 10.9 Å². The predicted molar refractivity (Wildman–Crippen MR) is 115 cm³/mol. The van der Waals surface area contributed by atoms with Crippen molar-refractivity contribution < 1.29 is 4.79 Å². The molecule has 0 saturated carbocycles. The molecule has 0 aromatic carbocycles. The molecule has 2 aliphatic heterocycles. The summed E-state index contributed by atoms with van der Waals surface area (Å²) < 4.78 is 0. The van der Waals surface area contributed by atoms with Crippen molar-refractivity contribution in [3.05, 3.63) is 42.7 Å². The third-order valence-electron chi connectivity index (χ3n) is 5.76. The van der Waals surface area contributed by atoms with Gasteiger partial charge in [-0.2, -0.15) is 0 Å². The van der Waals surface area contributed by atoms with Crippen molar-refractivity contribution in [2.24, 2.45) is 5.92 Å². The van der Waals surface area contributed by atoms with Crippen LogP contribution >= 0.6 is 11.3 Å². The van der Waals surface area contributed by atoms with Gasteiger partial charge in [0.25, 0.3) is 0 Å². The number of rotatable bonds is 3. The van der Waals surface area contributed by atoms with E-state index in [2.05, 4.69) is 19.8 Å². The molecule has 3 aromatic heterocycles. The molecule has 0 N–H and O–H groups in total. The minimum absolute atomic E-state index is 0.0464. The number of pyridine rings is 2. The lowest BCUT2D eigenvalue weighted by atomic mass is 9.96. The fourth-order valence-corrected chi connectivity index (χ4v) is 5.14. The van der Waals surface area contributed by atoms with E-state index >= 15 is 0 Å². The quantitative estimate of drug-likeness (QED) is 0.664. The summed E-state index contributed by atoms with van der Waals surface area (Å²) in [6, 6.07) is 9.88. The summed E-state index contributed by atoms with van der Waals surface area (Å²) in [6.45, 7) is 4.90. The Morgan fingerprint density at radius 2 is 1.83 bits per heavy atom. The summed E-state index contributed by atoms with van der Waals surface area (Å²) in [7, 11) is 0. The largest absolute Gasteiger partial charge is 0.353 e. The van der Waals surface area contributed by atoms with Crippen molar-refractivity contribution >= 4 is 38.5 Å². The number of piperazine rings is 1. The molecule has 0 aliphatic carbocycles. The zero-order chi connectivity index (χ0) is 19.6. The standard InChI is InChI=1S/C21H24N6OS/c28-20(26-13-11-25(12-14-26)18-7-1-2-8-22-18)16-5-4-10-27(15-16)21-24-17-6-3-9-23-19(17)29-21/h1-3,6-9,16H,4-5,10-15H2/t16-/m0/s1. The predicted octanol–water partition coefficient (Wildman–Crippen LogP) is 2.65. The molecule has 1 atom stereocenters. The van der Waals surface area contributed by atoms with Gasteiger partial charge in [-0.3, -0.25) is 4.79 Å². The maximum absolute atomic E-state index is 13.2. The topological polar surface area (TPSA) is 65.5 Å². The van der Waals surface area contributed by atoms with E-state index in [0.29, 0.717) is 0 Å². The fraction of sp³-hybridized carbons (Fsp3) is 0.429. The molecule has 7 nitrogen and oxygen atoms in total. The Hall–Kier alpha value is -2.74. The molecule has 5 heterocycles. The van der Waals surface area contributed by atoms with Crippen LogP contribution in [0.25, 0.3) is 10.3 Å². The van der Waals surface area contributed by atoms with E-state index < -0.39 is 0 Å². The van der Waals surface area contributed by atoms with E-state index in [9.17, 15) is 4.79 Å². The van der Waals surface area contributed by atoms with Crippen molar-refractivity contribution in [3.8, 4) is 0 Å². The number of piperidine rings is 1. The van der Waals surface area contributed by atoms with Gasteiger partial charge in [-0.25, -0.2) is 15.0 Å². The lowest BCUT2D eigenvalue weighted by Crippen LogP contribution is -2.52. The number of amides is 1. The highest BCUT2D eigenvalue weighted by Gasteiger charge is 2.32. The van der Waals surface area contributed by atoms with Gasteiger partial charge in [0.05, 0.1) is 5.92 Å². The highest BCUT2D eigenvalue weighted by Crippen LogP contribution is 2.31. The number of aromatic nitrogens is 3. The van der Waals surface area contributed by atoms with Crippen molar-refractivity contribution in [2.45, 2.75) is 12.8 Å². The first-order valence-electron chi connectivity index (χ1n) is 10.2. The number of anilines is 2. The second kappa shape index (κ2) is 7.94. The number of hydrogen-bond donors (Lipinski definition) is 0. The minimum Gasteiger partial charge on any atom is -0.353 e. The van der Waals surface area contributed by atoms with Gasteiger partial charge < -0.3 is 14.7 Å². The molecule has 2 fully saturated rings. The lowest BCUT2D eigenvalue weighted by Gasteiger charge is -2.39. The summed E-state index contributed by atoms with van der Waals surface area (Å²) in [5.74, 6) is 1.33. The molecular formula is C21H24N6OS. The number of carbonyl (C=O) groups excluding carboxylic acids is 1. The molecule has 2 saturated heterocycles. The molecule has 150 valence electrons. The van der Waals surface area contributed by atoms with Crippen LogP contribution in [0.1, 0.15) is 12.8 Å². The maximum atomic E-state index is 13.2. The molecule has 0 bridgehead atoms. The Balaban J connectivity index is 1.22. The first kappa shape index (κ1) is 18.3. The van der Waals surface area contributed by atoms with Gasteiger partial charge in [-0.15, -0.1) is 0 Å². The SMILES string of the molecule is O=C([C@H]1CCCN(c2nc3cccnc3s2)C1)N1CCN(c2ccccn2)CC1. The molecule has 3 aromatic rings. The Kier molecular flexibility index (Phi) is 5.01. The molecule has 29 heavy (non-hydrogen) atoms. The van der Waals surface area contributed by atoms with Crippen LogP contribution in [0.2, 0.25) is 0 Å². The molecular weight excluding hydrogens is 384 g/mol. The molecule has 0 unspecified atom stereocenters. The summed E-state index contributed by atoms with van der Waals surface area (Å²) in [6.07, 6.45) is 5.60. The van der Waals surface area contributed by atoms with Crippen molar-refractivity contribution in [2.75, 3.05) is 49.1 Å². The molecule has 0 spiro atoms. The number of thiazole rings is 1. The normalized spacial score (nSPS) is 20.3. The minimum atomic E-state index is 0.0464. The van der Waals surface area contributed by atoms with Gasteiger partial charge in [-0.1, -0.05) is 17.4 Å². The third-order valence-corrected chi connectivity index (χ3v) is 6.80. The van der Waals surface area contributed by atoms with E-state index in [1.54, 1.807) is 17.5 Å². The molecule has 1 amide bonds. The van der Waals surface area contributed by atoms with E-state index in [-0.39, 0.29) is 11.8 Å². The second-order valence-corrected chi connectivity index (χ2v) is 8.57. The fourth-order valence-electron chi connectivity index (χ4n) is 4.20. The van der Waals surface area contributed by atoms with Gasteiger partial charge in [0.2, 0.25) is 5.91 Å². The summed E-state index contributed by atoms with van der Waals surface area (Å²) in [5.41, 5.74) is 0.937. The first-order chi connectivity index (χ1) is 14.3. The van der Waals surface area contributed by atoms with Crippen LogP contribution in [-0.2, 0) is 4.79 Å². The highest BCUT2D eigenvalue weighted by molar-refractivity contribution is 7.21. The van der Waals surface area contributed by atoms with E-state index in [4.69, 9.17) is 4.98 Å².